The molecule has 0 saturated heterocycles. The van der Waals surface area contributed by atoms with E-state index in [-0.39, 0.29) is 12.4 Å². The summed E-state index contributed by atoms with van der Waals surface area (Å²) in [5, 5.41) is 9.08. The van der Waals surface area contributed by atoms with Crippen LogP contribution < -0.4 is 5.73 Å². The van der Waals surface area contributed by atoms with Gasteiger partial charge in [0.15, 0.2) is 0 Å². The van der Waals surface area contributed by atoms with Crippen LogP contribution in [0.5, 0.6) is 0 Å². The van der Waals surface area contributed by atoms with Crippen molar-refractivity contribution in [1.29, 1.82) is 0 Å². The predicted octanol–water partition coefficient (Wildman–Crippen LogP) is 1.61. The first kappa shape index (κ1) is 11.1. The highest BCUT2D eigenvalue weighted by Gasteiger charge is 2.21. The molecule has 1 rings (SSSR count). The van der Waals surface area contributed by atoms with E-state index in [4.69, 9.17) is 10.8 Å². The molecule has 0 bridgehead atoms. The lowest BCUT2D eigenvalue weighted by Gasteiger charge is -2.23. The van der Waals surface area contributed by atoms with Crippen LogP contribution in [0.15, 0.2) is 12.1 Å². The zero-order chi connectivity index (χ0) is 10.9. The maximum absolute atomic E-state index is 13.3. The van der Waals surface area contributed by atoms with Gasteiger partial charge in [-0.2, -0.15) is 0 Å². The molecular formula is C11H16FNO. The van der Waals surface area contributed by atoms with Crippen molar-refractivity contribution < 1.29 is 9.50 Å². The summed E-state index contributed by atoms with van der Waals surface area (Å²) in [5.41, 5.74) is 6.93. The fraction of sp³-hybridized carbons (Fsp3) is 0.455. The summed E-state index contributed by atoms with van der Waals surface area (Å²) in [4.78, 5) is 0. The zero-order valence-electron chi connectivity index (χ0n) is 8.76. The molecule has 2 nitrogen and oxygen atoms in total. The van der Waals surface area contributed by atoms with Crippen molar-refractivity contribution in [1.82, 2.24) is 0 Å². The van der Waals surface area contributed by atoms with E-state index < -0.39 is 5.54 Å². The van der Waals surface area contributed by atoms with E-state index in [0.29, 0.717) is 11.1 Å². The number of nitrogens with two attached hydrogens (primary N) is 1. The van der Waals surface area contributed by atoms with Gasteiger partial charge in [-0.1, -0.05) is 12.1 Å². The SMILES string of the molecule is Cc1cc([C@](C)(N)CO)cc(C)c1F. The second-order valence-electron chi connectivity index (χ2n) is 4.00. The van der Waals surface area contributed by atoms with E-state index in [1.807, 2.05) is 0 Å². The summed E-state index contributed by atoms with van der Waals surface area (Å²) in [6, 6.07) is 3.36. The number of rotatable bonds is 2. The number of hydrogen-bond donors (Lipinski definition) is 2. The lowest BCUT2D eigenvalue weighted by atomic mass is 9.91. The largest absolute Gasteiger partial charge is 0.394 e. The molecule has 1 atom stereocenters. The monoisotopic (exact) mass is 197 g/mol. The van der Waals surface area contributed by atoms with Crippen LogP contribution in [-0.2, 0) is 5.54 Å². The van der Waals surface area contributed by atoms with Crippen molar-refractivity contribution >= 4 is 0 Å². The summed E-state index contributed by atoms with van der Waals surface area (Å²) in [6.45, 7) is 4.95. The number of benzene rings is 1. The highest BCUT2D eigenvalue weighted by Crippen LogP contribution is 2.22. The summed E-state index contributed by atoms with van der Waals surface area (Å²) in [6.07, 6.45) is 0. The molecule has 0 fully saturated rings. The van der Waals surface area contributed by atoms with Crippen LogP contribution in [0.25, 0.3) is 0 Å². The third kappa shape index (κ3) is 1.94. The van der Waals surface area contributed by atoms with Crippen molar-refractivity contribution in [2.45, 2.75) is 26.3 Å². The summed E-state index contributed by atoms with van der Waals surface area (Å²) >= 11 is 0. The molecule has 1 aromatic rings. The van der Waals surface area contributed by atoms with Crippen LogP contribution in [0, 0.1) is 19.7 Å². The Morgan fingerprint density at radius 1 is 1.36 bits per heavy atom. The van der Waals surface area contributed by atoms with E-state index in [2.05, 4.69) is 0 Å². The molecule has 0 aliphatic heterocycles. The fourth-order valence-electron chi connectivity index (χ4n) is 1.37. The number of aliphatic hydroxyl groups is 1. The molecule has 3 heteroatoms. The van der Waals surface area contributed by atoms with Gasteiger partial charge in [-0.3, -0.25) is 0 Å². The Balaban J connectivity index is 3.26. The highest BCUT2D eigenvalue weighted by molar-refractivity contribution is 5.34. The third-order valence-corrected chi connectivity index (χ3v) is 2.42. The van der Waals surface area contributed by atoms with Gasteiger partial charge in [-0.05, 0) is 37.5 Å². The van der Waals surface area contributed by atoms with Gasteiger partial charge in [-0.15, -0.1) is 0 Å². The number of aryl methyl sites for hydroxylation is 2. The van der Waals surface area contributed by atoms with Crippen LogP contribution >= 0.6 is 0 Å². The van der Waals surface area contributed by atoms with E-state index in [9.17, 15) is 4.39 Å². The molecule has 0 aliphatic rings. The van der Waals surface area contributed by atoms with Crippen LogP contribution in [0.4, 0.5) is 4.39 Å². The van der Waals surface area contributed by atoms with Gasteiger partial charge in [0, 0.05) is 0 Å². The molecule has 78 valence electrons. The molecule has 0 unspecified atom stereocenters. The molecule has 0 aromatic heterocycles. The molecule has 3 N–H and O–H groups in total. The molecule has 14 heavy (non-hydrogen) atoms. The molecular weight excluding hydrogens is 181 g/mol. The van der Waals surface area contributed by atoms with Crippen LogP contribution in [0.1, 0.15) is 23.6 Å². The van der Waals surface area contributed by atoms with Crippen molar-refractivity contribution in [2.24, 2.45) is 5.73 Å². The first-order chi connectivity index (χ1) is 6.38. The normalized spacial score (nSPS) is 15.3. The topological polar surface area (TPSA) is 46.2 Å². The lowest BCUT2D eigenvalue weighted by molar-refractivity contribution is 0.210. The number of hydrogen-bond acceptors (Lipinski definition) is 2. The first-order valence-electron chi connectivity index (χ1n) is 4.55. The summed E-state index contributed by atoms with van der Waals surface area (Å²) < 4.78 is 13.3. The quantitative estimate of drug-likeness (QED) is 0.756. The van der Waals surface area contributed by atoms with Crippen LogP contribution in [0.2, 0.25) is 0 Å². The number of halogens is 1. The Morgan fingerprint density at radius 3 is 2.14 bits per heavy atom. The average Bonchev–Trinajstić information content (AvgIpc) is 2.13. The van der Waals surface area contributed by atoms with E-state index in [1.165, 1.54) is 0 Å². The second-order valence-corrected chi connectivity index (χ2v) is 4.00. The Bertz CT molecular complexity index is 324. The maximum Gasteiger partial charge on any atom is 0.129 e. The molecule has 0 amide bonds. The third-order valence-electron chi connectivity index (χ3n) is 2.42. The maximum atomic E-state index is 13.3. The van der Waals surface area contributed by atoms with Gasteiger partial charge in [-0.25, -0.2) is 4.39 Å². The standard InChI is InChI=1S/C11H16FNO/c1-7-4-9(11(3,13)6-14)5-8(2)10(7)12/h4-5,14H,6,13H2,1-3H3/t11-/m1/s1. The summed E-state index contributed by atoms with van der Waals surface area (Å²) in [7, 11) is 0. The van der Waals surface area contributed by atoms with Crippen LogP contribution in [0.3, 0.4) is 0 Å². The van der Waals surface area contributed by atoms with E-state index in [0.717, 1.165) is 5.56 Å². The van der Waals surface area contributed by atoms with Crippen molar-refractivity contribution in [3.8, 4) is 0 Å². The Hall–Kier alpha value is -0.930. The Kier molecular flexibility index (Phi) is 2.92. The predicted molar refractivity (Wildman–Crippen MR) is 54.5 cm³/mol. The molecule has 1 aromatic carbocycles. The Labute approximate surface area is 83.6 Å². The van der Waals surface area contributed by atoms with Gasteiger partial charge >= 0.3 is 0 Å². The molecule has 0 spiro atoms. The second kappa shape index (κ2) is 3.67. The fourth-order valence-corrected chi connectivity index (χ4v) is 1.37. The molecule has 0 heterocycles. The summed E-state index contributed by atoms with van der Waals surface area (Å²) in [5.74, 6) is -0.206. The smallest absolute Gasteiger partial charge is 0.129 e. The van der Waals surface area contributed by atoms with Crippen LogP contribution in [-0.4, -0.2) is 11.7 Å². The van der Waals surface area contributed by atoms with E-state index >= 15 is 0 Å². The van der Waals surface area contributed by atoms with Gasteiger partial charge in [0.2, 0.25) is 0 Å². The lowest BCUT2D eigenvalue weighted by Crippen LogP contribution is -2.37. The highest BCUT2D eigenvalue weighted by atomic mass is 19.1. The average molecular weight is 197 g/mol. The first-order valence-corrected chi connectivity index (χ1v) is 4.55. The van der Waals surface area contributed by atoms with Crippen molar-refractivity contribution in [3.63, 3.8) is 0 Å². The van der Waals surface area contributed by atoms with Crippen molar-refractivity contribution in [3.05, 3.63) is 34.6 Å². The minimum absolute atomic E-state index is 0.155. The van der Waals surface area contributed by atoms with Gasteiger partial charge in [0.05, 0.1) is 12.1 Å². The van der Waals surface area contributed by atoms with Gasteiger partial charge in [0.25, 0.3) is 0 Å². The molecule has 0 radical (unpaired) electrons. The minimum Gasteiger partial charge on any atom is -0.394 e. The van der Waals surface area contributed by atoms with Gasteiger partial charge < -0.3 is 10.8 Å². The van der Waals surface area contributed by atoms with E-state index in [1.54, 1.807) is 32.9 Å². The number of aliphatic hydroxyl groups excluding tert-OH is 1. The van der Waals surface area contributed by atoms with Gasteiger partial charge in [0.1, 0.15) is 5.82 Å². The Morgan fingerprint density at radius 2 is 1.79 bits per heavy atom. The molecule has 0 aliphatic carbocycles. The molecule has 0 saturated carbocycles. The zero-order valence-corrected chi connectivity index (χ0v) is 8.76. The minimum atomic E-state index is -0.802. The van der Waals surface area contributed by atoms with Crippen molar-refractivity contribution in [2.75, 3.05) is 6.61 Å².